The Morgan fingerprint density at radius 2 is 2.39 bits per heavy atom. The smallest absolute Gasteiger partial charge is 0.243 e. The number of nitrogens with zero attached hydrogens (tertiary/aromatic N) is 2. The zero-order valence-electron chi connectivity index (χ0n) is 10.5. The third-order valence-electron chi connectivity index (χ3n) is 3.51. The van der Waals surface area contributed by atoms with Gasteiger partial charge in [-0.3, -0.25) is 0 Å². The van der Waals surface area contributed by atoms with Gasteiger partial charge in [-0.2, -0.15) is 4.98 Å². The summed E-state index contributed by atoms with van der Waals surface area (Å²) in [5.74, 6) is 1.75. The molecule has 6 nitrogen and oxygen atoms in total. The minimum atomic E-state index is -0.323. The van der Waals surface area contributed by atoms with Gasteiger partial charge in [-0.1, -0.05) is 5.16 Å². The van der Waals surface area contributed by atoms with E-state index in [1.165, 1.54) is 12.8 Å². The molecule has 2 N–H and O–H groups in total. The van der Waals surface area contributed by atoms with Crippen LogP contribution in [-0.4, -0.2) is 34.5 Å². The van der Waals surface area contributed by atoms with Crippen molar-refractivity contribution in [3.8, 4) is 0 Å². The molecule has 0 aromatic carbocycles. The molecule has 2 heterocycles. The predicted molar refractivity (Wildman–Crippen MR) is 62.8 cm³/mol. The van der Waals surface area contributed by atoms with Crippen LogP contribution in [0.15, 0.2) is 4.52 Å². The van der Waals surface area contributed by atoms with Gasteiger partial charge in [0.15, 0.2) is 0 Å². The second-order valence-electron chi connectivity index (χ2n) is 5.05. The first-order valence-corrected chi connectivity index (χ1v) is 6.64. The number of rotatable bonds is 5. The van der Waals surface area contributed by atoms with Gasteiger partial charge >= 0.3 is 0 Å². The molecule has 3 rings (SSSR count). The molecule has 1 saturated carbocycles. The van der Waals surface area contributed by atoms with Crippen LogP contribution in [0.2, 0.25) is 0 Å². The zero-order valence-corrected chi connectivity index (χ0v) is 10.5. The van der Waals surface area contributed by atoms with E-state index in [0.717, 1.165) is 0 Å². The minimum absolute atomic E-state index is 0.0253. The average molecular weight is 253 g/mol. The molecule has 3 atom stereocenters. The molecule has 1 aliphatic heterocycles. The van der Waals surface area contributed by atoms with Crippen LogP contribution in [0.5, 0.6) is 0 Å². The summed E-state index contributed by atoms with van der Waals surface area (Å²) in [6, 6.07) is -0.0253. The van der Waals surface area contributed by atoms with Crippen molar-refractivity contribution in [3.63, 3.8) is 0 Å². The van der Waals surface area contributed by atoms with Crippen LogP contribution < -0.4 is 5.32 Å². The highest BCUT2D eigenvalue weighted by Crippen LogP contribution is 2.42. The zero-order chi connectivity index (χ0) is 12.5. The first kappa shape index (κ1) is 12.1. The summed E-state index contributed by atoms with van der Waals surface area (Å²) >= 11 is 0. The maximum Gasteiger partial charge on any atom is 0.243 e. The molecule has 100 valence electrons. The van der Waals surface area contributed by atoms with E-state index < -0.39 is 0 Å². The highest BCUT2D eigenvalue weighted by molar-refractivity contribution is 5.02. The summed E-state index contributed by atoms with van der Waals surface area (Å²) in [5.41, 5.74) is 0. The van der Waals surface area contributed by atoms with Crippen LogP contribution >= 0.6 is 0 Å². The number of hydrogen-bond donors (Lipinski definition) is 2. The van der Waals surface area contributed by atoms with Crippen LogP contribution in [0.4, 0.5) is 0 Å². The number of aliphatic hydroxyl groups is 1. The second-order valence-corrected chi connectivity index (χ2v) is 5.05. The summed E-state index contributed by atoms with van der Waals surface area (Å²) in [6.45, 7) is 3.22. The van der Waals surface area contributed by atoms with Crippen molar-refractivity contribution in [3.05, 3.63) is 11.7 Å². The molecule has 0 spiro atoms. The van der Waals surface area contributed by atoms with E-state index in [4.69, 9.17) is 9.26 Å². The van der Waals surface area contributed by atoms with Crippen molar-refractivity contribution in [2.24, 2.45) is 5.92 Å². The maximum atomic E-state index is 9.48. The first-order valence-electron chi connectivity index (χ1n) is 6.64. The largest absolute Gasteiger partial charge is 0.392 e. The third kappa shape index (κ3) is 2.41. The standard InChI is InChI=1S/C12H19N3O3/c1-2-17-10(7-3-4-7)11-14-12(18-15-11)9-5-8(16)6-13-9/h7-10,13,16H,2-6H2,1H3/t8-,9+,10?/m0/s1. The van der Waals surface area contributed by atoms with Gasteiger partial charge in [0.2, 0.25) is 11.7 Å². The molecular formula is C12H19N3O3. The van der Waals surface area contributed by atoms with Gasteiger partial charge in [0.1, 0.15) is 6.10 Å². The van der Waals surface area contributed by atoms with Gasteiger partial charge in [0.25, 0.3) is 0 Å². The number of nitrogens with one attached hydrogen (secondary N) is 1. The summed E-state index contributed by atoms with van der Waals surface area (Å²) in [4.78, 5) is 4.43. The molecule has 0 bridgehead atoms. The maximum absolute atomic E-state index is 9.48. The molecule has 18 heavy (non-hydrogen) atoms. The average Bonchev–Trinajstić information content (AvgIpc) is 2.91. The molecule has 0 amide bonds. The number of β-amino-alcohol motifs (C(OH)–C–C–N with tert-alkyl or cyclic N) is 1. The number of aliphatic hydroxyl groups excluding tert-OH is 1. The molecule has 2 aliphatic rings. The van der Waals surface area contributed by atoms with Crippen molar-refractivity contribution in [2.75, 3.05) is 13.2 Å². The van der Waals surface area contributed by atoms with Crippen LogP contribution in [0.3, 0.4) is 0 Å². The highest BCUT2D eigenvalue weighted by atomic mass is 16.5. The number of aromatic nitrogens is 2. The molecule has 1 aromatic rings. The molecule has 1 unspecified atom stereocenters. The number of hydrogen-bond acceptors (Lipinski definition) is 6. The molecule has 0 radical (unpaired) electrons. The van der Waals surface area contributed by atoms with Crippen LogP contribution in [0, 0.1) is 5.92 Å². The third-order valence-corrected chi connectivity index (χ3v) is 3.51. The lowest BCUT2D eigenvalue weighted by molar-refractivity contribution is 0.0384. The van der Waals surface area contributed by atoms with E-state index in [1.807, 2.05) is 6.92 Å². The van der Waals surface area contributed by atoms with Crippen molar-refractivity contribution in [2.45, 2.75) is 44.4 Å². The topological polar surface area (TPSA) is 80.4 Å². The Morgan fingerprint density at radius 1 is 1.56 bits per heavy atom. The van der Waals surface area contributed by atoms with E-state index in [0.29, 0.717) is 37.2 Å². The fourth-order valence-corrected chi connectivity index (χ4v) is 2.41. The summed E-state index contributed by atoms with van der Waals surface area (Å²) < 4.78 is 11.0. The fraction of sp³-hybridized carbons (Fsp3) is 0.833. The van der Waals surface area contributed by atoms with Crippen molar-refractivity contribution >= 4 is 0 Å². The van der Waals surface area contributed by atoms with Crippen LogP contribution in [0.1, 0.15) is 50.0 Å². The lowest BCUT2D eigenvalue weighted by Gasteiger charge is -2.11. The van der Waals surface area contributed by atoms with E-state index in [-0.39, 0.29) is 18.2 Å². The lowest BCUT2D eigenvalue weighted by Crippen LogP contribution is -2.15. The molecule has 1 aliphatic carbocycles. The van der Waals surface area contributed by atoms with Crippen LogP contribution in [-0.2, 0) is 4.74 Å². The lowest BCUT2D eigenvalue weighted by atomic mass is 10.2. The Bertz CT molecular complexity index is 405. The second kappa shape index (κ2) is 4.95. The minimum Gasteiger partial charge on any atom is -0.392 e. The Labute approximate surface area is 106 Å². The Balaban J connectivity index is 1.71. The summed E-state index contributed by atoms with van der Waals surface area (Å²) in [6.07, 6.45) is 2.63. The predicted octanol–water partition coefficient (Wildman–Crippen LogP) is 0.953. The Morgan fingerprint density at radius 3 is 3.00 bits per heavy atom. The van der Waals surface area contributed by atoms with Gasteiger partial charge in [-0.05, 0) is 32.1 Å². The van der Waals surface area contributed by atoms with Gasteiger partial charge in [-0.15, -0.1) is 0 Å². The van der Waals surface area contributed by atoms with Gasteiger partial charge in [0, 0.05) is 13.2 Å². The Kier molecular flexibility index (Phi) is 3.32. The van der Waals surface area contributed by atoms with Crippen molar-refractivity contribution < 1.29 is 14.4 Å². The summed E-state index contributed by atoms with van der Waals surface area (Å²) in [7, 11) is 0. The SMILES string of the molecule is CCOC(c1noc([C@H]2C[C@H](O)CN2)n1)C1CC1. The molecule has 1 aromatic heterocycles. The van der Waals surface area contributed by atoms with E-state index in [9.17, 15) is 5.11 Å². The normalized spacial score (nSPS) is 29.7. The van der Waals surface area contributed by atoms with Crippen LogP contribution in [0.25, 0.3) is 0 Å². The van der Waals surface area contributed by atoms with Crippen molar-refractivity contribution in [1.82, 2.24) is 15.5 Å². The quantitative estimate of drug-likeness (QED) is 0.813. The monoisotopic (exact) mass is 253 g/mol. The number of ether oxygens (including phenoxy) is 1. The molecular weight excluding hydrogens is 234 g/mol. The van der Waals surface area contributed by atoms with Gasteiger partial charge in [0.05, 0.1) is 12.1 Å². The van der Waals surface area contributed by atoms with Gasteiger partial charge < -0.3 is 19.7 Å². The van der Waals surface area contributed by atoms with Crippen molar-refractivity contribution in [1.29, 1.82) is 0 Å². The van der Waals surface area contributed by atoms with E-state index in [2.05, 4.69) is 15.5 Å². The van der Waals surface area contributed by atoms with Gasteiger partial charge in [-0.25, -0.2) is 0 Å². The van der Waals surface area contributed by atoms with E-state index in [1.54, 1.807) is 0 Å². The molecule has 1 saturated heterocycles. The van der Waals surface area contributed by atoms with E-state index >= 15 is 0 Å². The first-order chi connectivity index (χ1) is 8.78. The fourth-order valence-electron chi connectivity index (χ4n) is 2.41. The molecule has 6 heteroatoms. The summed E-state index contributed by atoms with van der Waals surface area (Å²) in [5, 5.41) is 16.7. The Hall–Kier alpha value is -0.980. The highest BCUT2D eigenvalue weighted by Gasteiger charge is 2.37. The molecule has 2 fully saturated rings.